The van der Waals surface area contributed by atoms with Crippen LogP contribution in [0.1, 0.15) is 20.7 Å². The van der Waals surface area contributed by atoms with Crippen molar-refractivity contribution in [3.05, 3.63) is 57.8 Å². The Bertz CT molecular complexity index is 733. The van der Waals surface area contributed by atoms with Crippen LogP contribution in [0, 0.1) is 5.82 Å². The lowest BCUT2D eigenvalue weighted by Crippen LogP contribution is -2.15. The molecular formula is C14H9BrFNO4. The first-order valence-electron chi connectivity index (χ1n) is 5.71. The summed E-state index contributed by atoms with van der Waals surface area (Å²) in [4.78, 5) is 23.1. The lowest BCUT2D eigenvalue weighted by molar-refractivity contribution is 0.0697. The predicted octanol–water partition coefficient (Wildman–Crippen LogP) is 3.24. The summed E-state index contributed by atoms with van der Waals surface area (Å²) in [7, 11) is 0. The molecular weight excluding hydrogens is 345 g/mol. The van der Waals surface area contributed by atoms with Crippen molar-refractivity contribution in [2.24, 2.45) is 0 Å². The molecule has 0 aliphatic heterocycles. The van der Waals surface area contributed by atoms with Gasteiger partial charge in [-0.1, -0.05) is 15.9 Å². The summed E-state index contributed by atoms with van der Waals surface area (Å²) < 4.78 is 13.6. The van der Waals surface area contributed by atoms with Gasteiger partial charge < -0.3 is 15.5 Å². The molecule has 2 aromatic rings. The van der Waals surface area contributed by atoms with Crippen LogP contribution in [0.4, 0.5) is 10.1 Å². The first kappa shape index (κ1) is 15.0. The zero-order valence-corrected chi connectivity index (χ0v) is 12.0. The van der Waals surface area contributed by atoms with Gasteiger partial charge in [-0.15, -0.1) is 0 Å². The van der Waals surface area contributed by atoms with Crippen molar-refractivity contribution in [2.45, 2.75) is 0 Å². The van der Waals surface area contributed by atoms with Crippen LogP contribution in [0.25, 0.3) is 0 Å². The van der Waals surface area contributed by atoms with Gasteiger partial charge in [-0.25, -0.2) is 9.18 Å². The van der Waals surface area contributed by atoms with Crippen LogP contribution in [0.15, 0.2) is 40.9 Å². The Morgan fingerprint density at radius 3 is 2.43 bits per heavy atom. The first-order valence-corrected chi connectivity index (χ1v) is 6.50. The fourth-order valence-corrected chi connectivity index (χ4v) is 2.04. The number of hydrogen-bond acceptors (Lipinski definition) is 3. The van der Waals surface area contributed by atoms with E-state index >= 15 is 0 Å². The van der Waals surface area contributed by atoms with Crippen molar-refractivity contribution in [1.82, 2.24) is 0 Å². The second-order valence-electron chi connectivity index (χ2n) is 4.11. The van der Waals surface area contributed by atoms with Crippen molar-refractivity contribution in [3.63, 3.8) is 0 Å². The molecule has 108 valence electrons. The largest absolute Gasteiger partial charge is 0.507 e. The highest BCUT2D eigenvalue weighted by Gasteiger charge is 2.16. The summed E-state index contributed by atoms with van der Waals surface area (Å²) in [5.41, 5.74) is -0.463. The van der Waals surface area contributed by atoms with E-state index in [2.05, 4.69) is 21.2 Å². The van der Waals surface area contributed by atoms with E-state index in [-0.39, 0.29) is 22.6 Å². The van der Waals surface area contributed by atoms with Crippen LogP contribution in [0.3, 0.4) is 0 Å². The maximum absolute atomic E-state index is 13.1. The minimum absolute atomic E-state index is 0.0288. The number of anilines is 1. The molecule has 0 unspecified atom stereocenters. The molecule has 0 aliphatic carbocycles. The normalized spacial score (nSPS) is 10.2. The van der Waals surface area contributed by atoms with Gasteiger partial charge in [-0.3, -0.25) is 4.79 Å². The highest BCUT2D eigenvalue weighted by atomic mass is 79.9. The maximum atomic E-state index is 13.1. The van der Waals surface area contributed by atoms with Crippen molar-refractivity contribution in [1.29, 1.82) is 0 Å². The number of halogens is 2. The van der Waals surface area contributed by atoms with Crippen LogP contribution >= 0.6 is 15.9 Å². The van der Waals surface area contributed by atoms with Gasteiger partial charge in [0.05, 0.1) is 16.8 Å². The third-order valence-electron chi connectivity index (χ3n) is 2.66. The summed E-state index contributed by atoms with van der Waals surface area (Å²) in [5.74, 6) is -3.06. The minimum atomic E-state index is -1.37. The molecule has 0 aliphatic rings. The van der Waals surface area contributed by atoms with Gasteiger partial charge in [0.15, 0.2) is 0 Å². The van der Waals surface area contributed by atoms with Gasteiger partial charge in [0, 0.05) is 4.47 Å². The molecule has 2 aromatic carbocycles. The maximum Gasteiger partial charge on any atom is 0.337 e. The van der Waals surface area contributed by atoms with Crippen molar-refractivity contribution in [3.8, 4) is 5.75 Å². The zero-order valence-electron chi connectivity index (χ0n) is 10.4. The molecule has 0 saturated carbocycles. The number of aromatic carboxylic acids is 1. The highest BCUT2D eigenvalue weighted by Crippen LogP contribution is 2.24. The monoisotopic (exact) mass is 353 g/mol. The Kier molecular flexibility index (Phi) is 4.23. The van der Waals surface area contributed by atoms with Crippen LogP contribution in [0.2, 0.25) is 0 Å². The molecule has 21 heavy (non-hydrogen) atoms. The molecule has 1 amide bonds. The molecule has 3 N–H and O–H groups in total. The molecule has 5 nitrogen and oxygen atoms in total. The Hall–Kier alpha value is -2.41. The number of amides is 1. The number of carbonyl (C=O) groups excluding carboxylic acids is 1. The third kappa shape index (κ3) is 3.38. The summed E-state index contributed by atoms with van der Waals surface area (Å²) in [5, 5.41) is 21.0. The number of phenols is 1. The molecule has 0 bridgehead atoms. The average molecular weight is 354 g/mol. The highest BCUT2D eigenvalue weighted by molar-refractivity contribution is 9.10. The SMILES string of the molecule is O=C(Nc1ccc(F)cc1C(=O)O)c1ccc(Br)cc1O. The number of carboxylic acids is 1. The van der Waals surface area contributed by atoms with Gasteiger partial charge in [-0.2, -0.15) is 0 Å². The lowest BCUT2D eigenvalue weighted by Gasteiger charge is -2.09. The molecule has 0 aromatic heterocycles. The van der Waals surface area contributed by atoms with E-state index in [4.69, 9.17) is 5.11 Å². The second-order valence-corrected chi connectivity index (χ2v) is 5.03. The summed E-state index contributed by atoms with van der Waals surface area (Å²) in [6.45, 7) is 0. The smallest absolute Gasteiger partial charge is 0.337 e. The van der Waals surface area contributed by atoms with Crippen LogP contribution in [0.5, 0.6) is 5.75 Å². The molecule has 0 atom stereocenters. The summed E-state index contributed by atoms with van der Waals surface area (Å²) >= 11 is 3.14. The number of aromatic hydroxyl groups is 1. The lowest BCUT2D eigenvalue weighted by atomic mass is 10.1. The summed E-state index contributed by atoms with van der Waals surface area (Å²) in [6, 6.07) is 7.24. The number of nitrogens with one attached hydrogen (secondary N) is 1. The fourth-order valence-electron chi connectivity index (χ4n) is 1.69. The van der Waals surface area contributed by atoms with E-state index in [0.29, 0.717) is 4.47 Å². The third-order valence-corrected chi connectivity index (χ3v) is 3.16. The van der Waals surface area contributed by atoms with E-state index < -0.39 is 17.7 Å². The van der Waals surface area contributed by atoms with E-state index in [1.54, 1.807) is 6.07 Å². The van der Waals surface area contributed by atoms with Crippen molar-refractivity contribution in [2.75, 3.05) is 5.32 Å². The average Bonchev–Trinajstić information content (AvgIpc) is 2.40. The standard InChI is InChI=1S/C14H9BrFNO4/c15-7-1-3-9(12(18)5-7)13(19)17-11-4-2-8(16)6-10(11)14(20)21/h1-6,18H,(H,17,19)(H,20,21). The number of hydrogen-bond donors (Lipinski definition) is 3. The van der Waals surface area contributed by atoms with Gasteiger partial charge in [0.1, 0.15) is 11.6 Å². The zero-order chi connectivity index (χ0) is 15.6. The molecule has 0 saturated heterocycles. The fraction of sp³-hybridized carbons (Fsp3) is 0. The first-order chi connectivity index (χ1) is 9.88. The summed E-state index contributed by atoms with van der Waals surface area (Å²) in [6.07, 6.45) is 0. The molecule has 7 heteroatoms. The van der Waals surface area contributed by atoms with Gasteiger partial charge >= 0.3 is 5.97 Å². The van der Waals surface area contributed by atoms with Gasteiger partial charge in [0.2, 0.25) is 0 Å². The molecule has 0 spiro atoms. The van der Waals surface area contributed by atoms with E-state index in [0.717, 1.165) is 18.2 Å². The number of carboxylic acid groups (broad SMARTS) is 1. The number of benzene rings is 2. The van der Waals surface area contributed by atoms with Crippen molar-refractivity contribution >= 4 is 33.5 Å². The van der Waals surface area contributed by atoms with E-state index in [1.165, 1.54) is 12.1 Å². The minimum Gasteiger partial charge on any atom is -0.507 e. The van der Waals surface area contributed by atoms with Crippen LogP contribution in [-0.2, 0) is 0 Å². The molecule has 0 fully saturated rings. The predicted molar refractivity (Wildman–Crippen MR) is 77.1 cm³/mol. The van der Waals surface area contributed by atoms with Gasteiger partial charge in [-0.05, 0) is 36.4 Å². The topological polar surface area (TPSA) is 86.6 Å². The molecule has 0 radical (unpaired) electrons. The number of rotatable bonds is 3. The molecule has 0 heterocycles. The quantitative estimate of drug-likeness (QED) is 0.790. The van der Waals surface area contributed by atoms with E-state index in [9.17, 15) is 19.1 Å². The number of carbonyl (C=O) groups is 2. The van der Waals surface area contributed by atoms with E-state index in [1.807, 2.05) is 0 Å². The van der Waals surface area contributed by atoms with Crippen LogP contribution < -0.4 is 5.32 Å². The Morgan fingerprint density at radius 2 is 1.81 bits per heavy atom. The Morgan fingerprint density at radius 1 is 1.10 bits per heavy atom. The Labute approximate surface area is 127 Å². The second kappa shape index (κ2) is 5.92. The van der Waals surface area contributed by atoms with Crippen LogP contribution in [-0.4, -0.2) is 22.1 Å². The van der Waals surface area contributed by atoms with Crippen molar-refractivity contribution < 1.29 is 24.2 Å². The van der Waals surface area contributed by atoms with Gasteiger partial charge in [0.25, 0.3) is 5.91 Å². The molecule has 2 rings (SSSR count). The Balaban J connectivity index is 2.34. The number of phenolic OH excluding ortho intramolecular Hbond substituents is 1.